The molecule has 0 aliphatic carbocycles. The fraction of sp³-hybridized carbons (Fsp3) is 0.333. The van der Waals surface area contributed by atoms with Gasteiger partial charge in [0.1, 0.15) is 11.5 Å². The van der Waals surface area contributed by atoms with Gasteiger partial charge in [0.25, 0.3) is 0 Å². The maximum Gasteiger partial charge on any atom is 0.141 e. The van der Waals surface area contributed by atoms with Crippen molar-refractivity contribution in [2.45, 2.75) is 13.5 Å². The summed E-state index contributed by atoms with van der Waals surface area (Å²) in [5.74, 6) is -0.333. The Morgan fingerprint density at radius 2 is 2.18 bits per heavy atom. The van der Waals surface area contributed by atoms with E-state index in [4.69, 9.17) is 0 Å². The predicted octanol–water partition coefficient (Wildman–Crippen LogP) is 1.69. The summed E-state index contributed by atoms with van der Waals surface area (Å²) in [5.41, 5.74) is 1.45. The molecular formula is C12H15FN4. The first-order valence-corrected chi connectivity index (χ1v) is 5.65. The first-order chi connectivity index (χ1) is 8.29. The Kier molecular flexibility index (Phi) is 3.82. The van der Waals surface area contributed by atoms with Crippen LogP contribution >= 0.6 is 0 Å². The molecule has 0 bridgehead atoms. The Morgan fingerprint density at radius 3 is 2.88 bits per heavy atom. The number of nitrogens with one attached hydrogen (secondary N) is 1. The van der Waals surface area contributed by atoms with Crippen molar-refractivity contribution in [3.8, 4) is 11.4 Å². The molecule has 0 saturated carbocycles. The molecule has 1 N–H and O–H groups in total. The van der Waals surface area contributed by atoms with Crippen LogP contribution < -0.4 is 5.32 Å². The van der Waals surface area contributed by atoms with Crippen molar-refractivity contribution in [3.63, 3.8) is 0 Å². The summed E-state index contributed by atoms with van der Waals surface area (Å²) in [7, 11) is 0. The van der Waals surface area contributed by atoms with Gasteiger partial charge in [-0.15, -0.1) is 0 Å². The second-order valence-corrected chi connectivity index (χ2v) is 3.68. The van der Waals surface area contributed by atoms with Crippen molar-refractivity contribution in [3.05, 3.63) is 36.4 Å². The van der Waals surface area contributed by atoms with Gasteiger partial charge in [0.2, 0.25) is 0 Å². The fourth-order valence-electron chi connectivity index (χ4n) is 1.52. The summed E-state index contributed by atoms with van der Waals surface area (Å²) in [6.07, 6.45) is 3.10. The average molecular weight is 234 g/mol. The standard InChI is InChI=1S/C12H15FN4/c1-2-14-6-8-17-7-5-12(16-17)11-4-3-10(13)9-15-11/h3-5,7,9,14H,2,6,8H2,1H3. The lowest BCUT2D eigenvalue weighted by Gasteiger charge is -2.01. The van der Waals surface area contributed by atoms with Crippen molar-refractivity contribution >= 4 is 0 Å². The number of aromatic nitrogens is 3. The van der Waals surface area contributed by atoms with E-state index in [0.717, 1.165) is 25.3 Å². The SMILES string of the molecule is CCNCCn1ccc(-c2ccc(F)cn2)n1. The van der Waals surface area contributed by atoms with Gasteiger partial charge in [-0.05, 0) is 24.7 Å². The highest BCUT2D eigenvalue weighted by molar-refractivity contribution is 5.52. The Bertz CT molecular complexity index is 464. The van der Waals surface area contributed by atoms with E-state index in [-0.39, 0.29) is 5.82 Å². The van der Waals surface area contributed by atoms with E-state index in [2.05, 4.69) is 22.3 Å². The largest absolute Gasteiger partial charge is 0.315 e. The van der Waals surface area contributed by atoms with Gasteiger partial charge in [-0.1, -0.05) is 6.92 Å². The molecule has 5 heteroatoms. The fourth-order valence-corrected chi connectivity index (χ4v) is 1.52. The molecule has 4 nitrogen and oxygen atoms in total. The predicted molar refractivity (Wildman–Crippen MR) is 64.0 cm³/mol. The van der Waals surface area contributed by atoms with E-state index in [1.165, 1.54) is 12.3 Å². The van der Waals surface area contributed by atoms with Crippen LogP contribution in [-0.2, 0) is 6.54 Å². The molecule has 2 aromatic rings. The third-order valence-corrected chi connectivity index (χ3v) is 2.40. The molecule has 0 aliphatic rings. The monoisotopic (exact) mass is 234 g/mol. The van der Waals surface area contributed by atoms with E-state index in [1.54, 1.807) is 6.07 Å². The van der Waals surface area contributed by atoms with Gasteiger partial charge in [-0.3, -0.25) is 9.67 Å². The molecule has 17 heavy (non-hydrogen) atoms. The number of pyridine rings is 1. The molecule has 2 rings (SSSR count). The summed E-state index contributed by atoms with van der Waals surface area (Å²) >= 11 is 0. The highest BCUT2D eigenvalue weighted by Gasteiger charge is 2.03. The molecule has 0 amide bonds. The van der Waals surface area contributed by atoms with Crippen molar-refractivity contribution in [2.24, 2.45) is 0 Å². The lowest BCUT2D eigenvalue weighted by Crippen LogP contribution is -2.19. The topological polar surface area (TPSA) is 42.7 Å². The summed E-state index contributed by atoms with van der Waals surface area (Å²) < 4.78 is 14.6. The smallest absolute Gasteiger partial charge is 0.141 e. The second kappa shape index (κ2) is 5.54. The average Bonchev–Trinajstić information content (AvgIpc) is 2.79. The molecule has 2 aromatic heterocycles. The highest BCUT2D eigenvalue weighted by Crippen LogP contribution is 2.13. The van der Waals surface area contributed by atoms with Gasteiger partial charge in [0.05, 0.1) is 18.4 Å². The molecule has 0 aromatic carbocycles. The molecule has 90 valence electrons. The Hall–Kier alpha value is -1.75. The quantitative estimate of drug-likeness (QED) is 0.801. The molecule has 0 unspecified atom stereocenters. The minimum atomic E-state index is -0.333. The first kappa shape index (κ1) is 11.7. The van der Waals surface area contributed by atoms with Gasteiger partial charge in [0.15, 0.2) is 0 Å². The van der Waals surface area contributed by atoms with Crippen LogP contribution in [0.2, 0.25) is 0 Å². The van der Waals surface area contributed by atoms with Crippen LogP contribution in [0.5, 0.6) is 0 Å². The zero-order valence-corrected chi connectivity index (χ0v) is 9.73. The zero-order chi connectivity index (χ0) is 12.1. The molecule has 0 spiro atoms. The number of halogens is 1. The van der Waals surface area contributed by atoms with E-state index in [1.807, 2.05) is 16.9 Å². The molecule has 0 atom stereocenters. The molecule has 2 heterocycles. The summed E-state index contributed by atoms with van der Waals surface area (Å²) in [5, 5.41) is 7.60. The molecule has 0 radical (unpaired) electrons. The Morgan fingerprint density at radius 1 is 1.29 bits per heavy atom. The normalized spacial score (nSPS) is 10.7. The van der Waals surface area contributed by atoms with E-state index in [0.29, 0.717) is 5.69 Å². The van der Waals surface area contributed by atoms with Gasteiger partial charge < -0.3 is 5.32 Å². The van der Waals surface area contributed by atoms with Crippen molar-refractivity contribution in [1.29, 1.82) is 0 Å². The van der Waals surface area contributed by atoms with Gasteiger partial charge in [-0.25, -0.2) is 4.39 Å². The molecule has 0 saturated heterocycles. The lowest BCUT2D eigenvalue weighted by atomic mass is 10.3. The number of nitrogens with zero attached hydrogens (tertiary/aromatic N) is 3. The van der Waals surface area contributed by atoms with Gasteiger partial charge in [0, 0.05) is 12.7 Å². The summed E-state index contributed by atoms with van der Waals surface area (Å²) in [6, 6.07) is 4.90. The van der Waals surface area contributed by atoms with Crippen molar-refractivity contribution < 1.29 is 4.39 Å². The van der Waals surface area contributed by atoms with Crippen LogP contribution in [0.3, 0.4) is 0 Å². The maximum atomic E-state index is 12.7. The molecular weight excluding hydrogens is 219 g/mol. The molecule has 0 fully saturated rings. The highest BCUT2D eigenvalue weighted by atomic mass is 19.1. The van der Waals surface area contributed by atoms with Crippen LogP contribution in [0.1, 0.15) is 6.92 Å². The number of likely N-dealkylation sites (N-methyl/N-ethyl adjacent to an activating group) is 1. The second-order valence-electron chi connectivity index (χ2n) is 3.68. The van der Waals surface area contributed by atoms with Crippen LogP contribution in [-0.4, -0.2) is 27.9 Å². The van der Waals surface area contributed by atoms with E-state index >= 15 is 0 Å². The van der Waals surface area contributed by atoms with Crippen LogP contribution in [0.25, 0.3) is 11.4 Å². The minimum Gasteiger partial charge on any atom is -0.315 e. The number of hydrogen-bond acceptors (Lipinski definition) is 3. The number of hydrogen-bond donors (Lipinski definition) is 1. The van der Waals surface area contributed by atoms with Gasteiger partial charge >= 0.3 is 0 Å². The number of rotatable bonds is 5. The van der Waals surface area contributed by atoms with Gasteiger partial charge in [-0.2, -0.15) is 5.10 Å². The van der Waals surface area contributed by atoms with E-state index < -0.39 is 0 Å². The van der Waals surface area contributed by atoms with Crippen molar-refractivity contribution in [2.75, 3.05) is 13.1 Å². The minimum absolute atomic E-state index is 0.333. The van der Waals surface area contributed by atoms with E-state index in [9.17, 15) is 4.39 Å². The van der Waals surface area contributed by atoms with Crippen LogP contribution in [0.15, 0.2) is 30.6 Å². The van der Waals surface area contributed by atoms with Crippen LogP contribution in [0, 0.1) is 5.82 Å². The first-order valence-electron chi connectivity index (χ1n) is 5.65. The zero-order valence-electron chi connectivity index (χ0n) is 9.73. The van der Waals surface area contributed by atoms with Crippen molar-refractivity contribution in [1.82, 2.24) is 20.1 Å². The summed E-state index contributed by atoms with van der Waals surface area (Å²) in [4.78, 5) is 3.99. The Balaban J connectivity index is 2.04. The maximum absolute atomic E-state index is 12.7. The third-order valence-electron chi connectivity index (χ3n) is 2.40. The summed E-state index contributed by atoms with van der Waals surface area (Å²) in [6.45, 7) is 4.72. The molecule has 0 aliphatic heterocycles. The Labute approximate surface area is 99.5 Å². The lowest BCUT2D eigenvalue weighted by molar-refractivity contribution is 0.566. The third kappa shape index (κ3) is 3.10. The van der Waals surface area contributed by atoms with Crippen LogP contribution in [0.4, 0.5) is 4.39 Å².